The van der Waals surface area contributed by atoms with Crippen molar-refractivity contribution in [2.24, 2.45) is 0 Å². The molecule has 5 heteroatoms. The summed E-state index contributed by atoms with van der Waals surface area (Å²) in [5.41, 5.74) is 0. The molecule has 0 radical (unpaired) electrons. The molecule has 0 bridgehead atoms. The summed E-state index contributed by atoms with van der Waals surface area (Å²) in [5.74, 6) is -0.120. The zero-order valence-electron chi connectivity index (χ0n) is 10.4. The topological polar surface area (TPSA) is 74.2 Å². The lowest BCUT2D eigenvalue weighted by Crippen LogP contribution is -2.39. The van der Waals surface area contributed by atoms with Gasteiger partial charge in [0.1, 0.15) is 6.61 Å². The molecule has 0 aromatic heterocycles. The second kappa shape index (κ2) is 8.04. The minimum absolute atomic E-state index is 0.0517. The van der Waals surface area contributed by atoms with Gasteiger partial charge in [-0.2, -0.15) is 5.26 Å². The molecule has 2 N–H and O–H groups in total. The smallest absolute Gasteiger partial charge is 0.246 e. The van der Waals surface area contributed by atoms with Crippen LogP contribution in [0.1, 0.15) is 32.6 Å². The number of carbonyl (C=O) groups is 1. The molecule has 5 nitrogen and oxygen atoms in total. The molecule has 1 aliphatic rings. The van der Waals surface area contributed by atoms with Gasteiger partial charge in [0.05, 0.1) is 18.6 Å². The van der Waals surface area contributed by atoms with Crippen LogP contribution in [0.5, 0.6) is 0 Å². The third-order valence-electron chi connectivity index (χ3n) is 2.93. The number of nitrogens with one attached hydrogen (secondary N) is 2. The predicted octanol–water partition coefficient (Wildman–Crippen LogP) is 0.563. The van der Waals surface area contributed by atoms with Crippen molar-refractivity contribution in [2.75, 3.05) is 19.7 Å². The Morgan fingerprint density at radius 3 is 2.88 bits per heavy atom. The highest BCUT2D eigenvalue weighted by Crippen LogP contribution is 2.06. The summed E-state index contributed by atoms with van der Waals surface area (Å²) in [6.07, 6.45) is 3.24. The molecule has 1 amide bonds. The summed E-state index contributed by atoms with van der Waals surface area (Å²) in [7, 11) is 0. The fourth-order valence-electron chi connectivity index (χ4n) is 1.83. The van der Waals surface area contributed by atoms with E-state index in [1.165, 1.54) is 0 Å². The number of nitrogens with zero attached hydrogens (tertiary/aromatic N) is 1. The van der Waals surface area contributed by atoms with Gasteiger partial charge in [0.25, 0.3) is 0 Å². The lowest BCUT2D eigenvalue weighted by atomic mass is 10.1. The van der Waals surface area contributed by atoms with Crippen LogP contribution in [0.25, 0.3) is 0 Å². The minimum atomic E-state index is -0.120. The minimum Gasteiger partial charge on any atom is -0.368 e. The second-order valence-corrected chi connectivity index (χ2v) is 4.30. The Kier molecular flexibility index (Phi) is 6.60. The quantitative estimate of drug-likeness (QED) is 0.710. The highest BCUT2D eigenvalue weighted by Gasteiger charge is 2.16. The largest absolute Gasteiger partial charge is 0.368 e. The third kappa shape index (κ3) is 5.66. The van der Waals surface area contributed by atoms with E-state index in [1.54, 1.807) is 0 Å². The van der Waals surface area contributed by atoms with E-state index in [2.05, 4.69) is 16.7 Å². The molecule has 0 aliphatic carbocycles. The van der Waals surface area contributed by atoms with Gasteiger partial charge < -0.3 is 15.4 Å². The first-order valence-electron chi connectivity index (χ1n) is 6.25. The molecule has 1 fully saturated rings. The van der Waals surface area contributed by atoms with E-state index in [0.717, 1.165) is 32.4 Å². The number of ether oxygens (including phenoxy) is 1. The average Bonchev–Trinajstić information content (AvgIpc) is 2.37. The van der Waals surface area contributed by atoms with Crippen molar-refractivity contribution in [3.05, 3.63) is 0 Å². The van der Waals surface area contributed by atoms with Gasteiger partial charge in [0.2, 0.25) is 5.91 Å². The first-order chi connectivity index (χ1) is 8.26. The summed E-state index contributed by atoms with van der Waals surface area (Å²) in [5, 5.41) is 14.6. The van der Waals surface area contributed by atoms with Crippen LogP contribution in [0.15, 0.2) is 0 Å². The second-order valence-electron chi connectivity index (χ2n) is 4.30. The van der Waals surface area contributed by atoms with E-state index < -0.39 is 0 Å². The van der Waals surface area contributed by atoms with Crippen LogP contribution < -0.4 is 10.6 Å². The first-order valence-corrected chi connectivity index (χ1v) is 6.25. The number of nitriles is 1. The zero-order valence-corrected chi connectivity index (χ0v) is 10.4. The van der Waals surface area contributed by atoms with Crippen molar-refractivity contribution in [3.63, 3.8) is 0 Å². The summed E-state index contributed by atoms with van der Waals surface area (Å²) < 4.78 is 5.53. The lowest BCUT2D eigenvalue weighted by Gasteiger charge is -2.23. The molecular formula is C12H21N3O2. The molecule has 1 atom stereocenters. The fraction of sp³-hybridized carbons (Fsp3) is 0.833. The maximum atomic E-state index is 11.6. The number of hydrogen-bond donors (Lipinski definition) is 2. The Hall–Kier alpha value is -1.12. The highest BCUT2D eigenvalue weighted by molar-refractivity contribution is 5.77. The van der Waals surface area contributed by atoms with Gasteiger partial charge in [0, 0.05) is 6.04 Å². The van der Waals surface area contributed by atoms with E-state index in [0.29, 0.717) is 6.42 Å². The van der Waals surface area contributed by atoms with Gasteiger partial charge in [-0.3, -0.25) is 4.79 Å². The molecule has 1 unspecified atom stereocenters. The molecule has 0 spiro atoms. The van der Waals surface area contributed by atoms with E-state index >= 15 is 0 Å². The average molecular weight is 239 g/mol. The van der Waals surface area contributed by atoms with Crippen LogP contribution in [0.4, 0.5) is 0 Å². The number of amides is 1. The Balaban J connectivity index is 2.17. The summed E-state index contributed by atoms with van der Waals surface area (Å²) in [6, 6.07) is 2.01. The molecular weight excluding hydrogens is 218 g/mol. The molecule has 0 aromatic rings. The Labute approximate surface area is 103 Å². The molecule has 1 heterocycles. The van der Waals surface area contributed by atoms with Gasteiger partial charge in [-0.25, -0.2) is 0 Å². The molecule has 1 rings (SSSR count). The van der Waals surface area contributed by atoms with Gasteiger partial charge in [-0.05, 0) is 32.4 Å². The maximum Gasteiger partial charge on any atom is 0.246 e. The van der Waals surface area contributed by atoms with Crippen LogP contribution in [0, 0.1) is 11.3 Å². The predicted molar refractivity (Wildman–Crippen MR) is 64.3 cm³/mol. The Morgan fingerprint density at radius 1 is 1.59 bits per heavy atom. The molecule has 96 valence electrons. The number of hydrogen-bond acceptors (Lipinski definition) is 4. The first kappa shape index (κ1) is 13.9. The maximum absolute atomic E-state index is 11.6. The summed E-state index contributed by atoms with van der Waals surface area (Å²) in [6.45, 7) is 3.97. The van der Waals surface area contributed by atoms with Crippen molar-refractivity contribution in [2.45, 2.75) is 44.8 Å². The highest BCUT2D eigenvalue weighted by atomic mass is 16.5. The van der Waals surface area contributed by atoms with Crippen LogP contribution in [0.2, 0.25) is 0 Å². The third-order valence-corrected chi connectivity index (χ3v) is 2.93. The summed E-state index contributed by atoms with van der Waals surface area (Å²) in [4.78, 5) is 11.6. The van der Waals surface area contributed by atoms with Crippen LogP contribution in [0.3, 0.4) is 0 Å². The van der Waals surface area contributed by atoms with Crippen LogP contribution in [-0.2, 0) is 9.53 Å². The molecule has 0 saturated carbocycles. The van der Waals surface area contributed by atoms with Crippen LogP contribution >= 0.6 is 0 Å². The molecule has 1 saturated heterocycles. The standard InChI is InChI=1S/C12H21N3O2/c1-2-10(3-6-13)15-12(16)9-17-11-4-7-14-8-5-11/h10-11,14H,2-5,7-9H2,1H3,(H,15,16). The fourth-order valence-corrected chi connectivity index (χ4v) is 1.83. The van der Waals surface area contributed by atoms with Crippen molar-refractivity contribution in [1.82, 2.24) is 10.6 Å². The summed E-state index contributed by atoms with van der Waals surface area (Å²) >= 11 is 0. The lowest BCUT2D eigenvalue weighted by molar-refractivity contribution is -0.128. The van der Waals surface area contributed by atoms with Crippen molar-refractivity contribution >= 4 is 5.91 Å². The van der Waals surface area contributed by atoms with Gasteiger partial charge in [-0.1, -0.05) is 6.92 Å². The van der Waals surface area contributed by atoms with Gasteiger partial charge in [0.15, 0.2) is 0 Å². The Bertz CT molecular complexity index is 269. The molecule has 17 heavy (non-hydrogen) atoms. The number of piperidine rings is 1. The van der Waals surface area contributed by atoms with E-state index in [-0.39, 0.29) is 24.7 Å². The van der Waals surface area contributed by atoms with E-state index in [1.807, 2.05) is 6.92 Å². The SMILES string of the molecule is CCC(CC#N)NC(=O)COC1CCNCC1. The van der Waals surface area contributed by atoms with Crippen LogP contribution in [-0.4, -0.2) is 37.7 Å². The van der Waals surface area contributed by atoms with Crippen molar-refractivity contribution in [3.8, 4) is 6.07 Å². The number of carbonyl (C=O) groups excluding carboxylic acids is 1. The van der Waals surface area contributed by atoms with E-state index in [9.17, 15) is 4.79 Å². The van der Waals surface area contributed by atoms with E-state index in [4.69, 9.17) is 10.00 Å². The zero-order chi connectivity index (χ0) is 12.5. The molecule has 0 aromatic carbocycles. The normalized spacial score (nSPS) is 18.4. The Morgan fingerprint density at radius 2 is 2.29 bits per heavy atom. The molecule has 1 aliphatic heterocycles. The van der Waals surface area contributed by atoms with Crippen molar-refractivity contribution in [1.29, 1.82) is 5.26 Å². The van der Waals surface area contributed by atoms with Crippen molar-refractivity contribution < 1.29 is 9.53 Å². The monoisotopic (exact) mass is 239 g/mol. The van der Waals surface area contributed by atoms with Gasteiger partial charge >= 0.3 is 0 Å². The number of rotatable bonds is 6. The van der Waals surface area contributed by atoms with Gasteiger partial charge in [-0.15, -0.1) is 0 Å².